The molecule has 0 fully saturated rings. The fourth-order valence-corrected chi connectivity index (χ4v) is 1.82. The summed E-state index contributed by atoms with van der Waals surface area (Å²) in [5.41, 5.74) is 7.29. The van der Waals surface area contributed by atoms with Crippen LogP contribution in [0.1, 0.15) is 30.8 Å². The van der Waals surface area contributed by atoms with E-state index in [2.05, 4.69) is 5.10 Å². The van der Waals surface area contributed by atoms with Crippen LogP contribution in [0.5, 0.6) is 0 Å². The van der Waals surface area contributed by atoms with Crippen molar-refractivity contribution in [1.82, 2.24) is 9.78 Å². The van der Waals surface area contributed by atoms with Crippen LogP contribution in [-0.4, -0.2) is 14.8 Å². The van der Waals surface area contributed by atoms with Gasteiger partial charge >= 0.3 is 0 Å². The zero-order valence-electron chi connectivity index (χ0n) is 8.54. The molecule has 0 amide bonds. The van der Waals surface area contributed by atoms with Crippen molar-refractivity contribution >= 4 is 28.8 Å². The van der Waals surface area contributed by atoms with Crippen LogP contribution >= 0.6 is 23.8 Å². The molecule has 5 heteroatoms. The third-order valence-corrected chi connectivity index (χ3v) is 2.86. The minimum absolute atomic E-state index is 0.165. The second kappa shape index (κ2) is 4.28. The van der Waals surface area contributed by atoms with Crippen LogP contribution in [0.2, 0.25) is 5.02 Å². The molecule has 1 aromatic heterocycles. The van der Waals surface area contributed by atoms with Crippen LogP contribution in [0.3, 0.4) is 0 Å². The van der Waals surface area contributed by atoms with Crippen molar-refractivity contribution in [3.8, 4) is 0 Å². The summed E-state index contributed by atoms with van der Waals surface area (Å²) < 4.78 is 1.87. The molecule has 0 aromatic carbocycles. The summed E-state index contributed by atoms with van der Waals surface area (Å²) in [6.07, 6.45) is 0.646. The quantitative estimate of drug-likeness (QED) is 0.813. The molecule has 1 rings (SSSR count). The van der Waals surface area contributed by atoms with Gasteiger partial charge in [-0.05, 0) is 20.8 Å². The summed E-state index contributed by atoms with van der Waals surface area (Å²) in [4.78, 5) is 0.501. The van der Waals surface area contributed by atoms with Gasteiger partial charge in [-0.25, -0.2) is 0 Å². The Kier molecular flexibility index (Phi) is 3.50. The predicted octanol–water partition coefficient (Wildman–Crippen LogP) is 2.39. The Bertz CT molecular complexity index is 359. The lowest BCUT2D eigenvalue weighted by molar-refractivity contribution is 0.493. The molecule has 0 aliphatic heterocycles. The number of halogens is 1. The van der Waals surface area contributed by atoms with E-state index in [9.17, 15) is 0 Å². The van der Waals surface area contributed by atoms with Crippen LogP contribution in [0.15, 0.2) is 0 Å². The lowest BCUT2D eigenvalue weighted by Gasteiger charge is -2.12. The molecule has 0 aliphatic rings. The second-order valence-corrected chi connectivity index (χ2v) is 4.35. The maximum Gasteiger partial charge on any atom is 0.0844 e. The molecule has 1 aromatic rings. The fourth-order valence-electron chi connectivity index (χ4n) is 1.45. The highest BCUT2D eigenvalue weighted by Gasteiger charge is 2.14. The summed E-state index contributed by atoms with van der Waals surface area (Å²) in [6.45, 7) is 5.85. The smallest absolute Gasteiger partial charge is 0.0844 e. The maximum atomic E-state index is 6.03. The van der Waals surface area contributed by atoms with Crippen LogP contribution in [0.25, 0.3) is 0 Å². The molecule has 0 radical (unpaired) electrons. The summed E-state index contributed by atoms with van der Waals surface area (Å²) in [7, 11) is 0. The molecule has 0 aliphatic carbocycles. The van der Waals surface area contributed by atoms with Crippen LogP contribution in [-0.2, 0) is 0 Å². The van der Waals surface area contributed by atoms with Crippen molar-refractivity contribution in [3.05, 3.63) is 16.4 Å². The number of hydrogen-bond acceptors (Lipinski definition) is 2. The second-order valence-electron chi connectivity index (χ2n) is 3.45. The first-order valence-electron chi connectivity index (χ1n) is 4.43. The summed E-state index contributed by atoms with van der Waals surface area (Å²) >= 11 is 10.9. The molecule has 0 spiro atoms. The number of aryl methyl sites for hydroxylation is 1. The van der Waals surface area contributed by atoms with E-state index >= 15 is 0 Å². The van der Waals surface area contributed by atoms with Gasteiger partial charge in [0, 0.05) is 6.42 Å². The van der Waals surface area contributed by atoms with Crippen molar-refractivity contribution in [2.75, 3.05) is 0 Å². The first kappa shape index (κ1) is 11.5. The largest absolute Gasteiger partial charge is 0.393 e. The molecular weight excluding hydrogens is 218 g/mol. The number of thiocarbonyl (C=S) groups is 1. The minimum atomic E-state index is 0.165. The van der Waals surface area contributed by atoms with E-state index in [-0.39, 0.29) is 6.04 Å². The first-order chi connectivity index (χ1) is 6.43. The van der Waals surface area contributed by atoms with E-state index in [0.29, 0.717) is 11.4 Å². The highest BCUT2D eigenvalue weighted by Crippen LogP contribution is 2.23. The van der Waals surface area contributed by atoms with Gasteiger partial charge in [0.2, 0.25) is 0 Å². The predicted molar refractivity (Wildman–Crippen MR) is 62.8 cm³/mol. The number of aromatic nitrogens is 2. The van der Waals surface area contributed by atoms with Gasteiger partial charge in [0.1, 0.15) is 0 Å². The molecule has 1 unspecified atom stereocenters. The van der Waals surface area contributed by atoms with Crippen molar-refractivity contribution < 1.29 is 0 Å². The van der Waals surface area contributed by atoms with Gasteiger partial charge in [-0.1, -0.05) is 23.8 Å². The molecule has 14 heavy (non-hydrogen) atoms. The van der Waals surface area contributed by atoms with Crippen molar-refractivity contribution in [1.29, 1.82) is 0 Å². The minimum Gasteiger partial charge on any atom is -0.393 e. The fraction of sp³-hybridized carbons (Fsp3) is 0.556. The first-order valence-corrected chi connectivity index (χ1v) is 5.21. The molecule has 1 heterocycles. The van der Waals surface area contributed by atoms with E-state index in [1.807, 2.05) is 25.5 Å². The molecule has 2 N–H and O–H groups in total. The SMILES string of the molecule is Cc1nn(C(C)CC(N)=S)c(C)c1Cl. The lowest BCUT2D eigenvalue weighted by Crippen LogP contribution is -2.17. The van der Waals surface area contributed by atoms with E-state index in [1.54, 1.807) is 0 Å². The van der Waals surface area contributed by atoms with Gasteiger partial charge in [-0.2, -0.15) is 5.10 Å². The standard InChI is InChI=1S/C9H14ClN3S/c1-5(4-8(11)14)13-7(3)9(10)6(2)12-13/h5H,4H2,1-3H3,(H2,11,14). The zero-order chi connectivity index (χ0) is 10.9. The molecular formula is C9H14ClN3S. The topological polar surface area (TPSA) is 43.8 Å². The maximum absolute atomic E-state index is 6.03. The van der Waals surface area contributed by atoms with Gasteiger partial charge < -0.3 is 5.73 Å². The highest BCUT2D eigenvalue weighted by atomic mass is 35.5. The Morgan fingerprint density at radius 3 is 2.57 bits per heavy atom. The summed E-state index contributed by atoms with van der Waals surface area (Å²) in [5.74, 6) is 0. The highest BCUT2D eigenvalue weighted by molar-refractivity contribution is 7.80. The van der Waals surface area contributed by atoms with Crippen molar-refractivity contribution in [3.63, 3.8) is 0 Å². The Labute approximate surface area is 94.2 Å². The van der Waals surface area contributed by atoms with Gasteiger partial charge in [0.25, 0.3) is 0 Å². The molecule has 78 valence electrons. The van der Waals surface area contributed by atoms with E-state index in [4.69, 9.17) is 29.6 Å². The van der Waals surface area contributed by atoms with E-state index in [0.717, 1.165) is 16.4 Å². The monoisotopic (exact) mass is 231 g/mol. The molecule has 0 saturated carbocycles. The number of nitrogens with zero attached hydrogens (tertiary/aromatic N) is 2. The van der Waals surface area contributed by atoms with Crippen molar-refractivity contribution in [2.24, 2.45) is 5.73 Å². The average molecular weight is 232 g/mol. The Morgan fingerprint density at radius 2 is 2.21 bits per heavy atom. The third-order valence-electron chi connectivity index (χ3n) is 2.15. The molecule has 1 atom stereocenters. The molecule has 0 bridgehead atoms. The summed E-state index contributed by atoms with van der Waals surface area (Å²) in [5, 5.41) is 5.05. The van der Waals surface area contributed by atoms with Gasteiger partial charge in [0.15, 0.2) is 0 Å². The lowest BCUT2D eigenvalue weighted by atomic mass is 10.2. The number of hydrogen-bond donors (Lipinski definition) is 1. The van der Waals surface area contributed by atoms with Crippen LogP contribution in [0, 0.1) is 13.8 Å². The number of nitrogens with two attached hydrogens (primary N) is 1. The normalized spacial score (nSPS) is 12.9. The number of rotatable bonds is 3. The Morgan fingerprint density at radius 1 is 1.64 bits per heavy atom. The average Bonchev–Trinajstić information content (AvgIpc) is 2.32. The molecule has 3 nitrogen and oxygen atoms in total. The third kappa shape index (κ3) is 2.25. The van der Waals surface area contributed by atoms with Gasteiger partial charge in [-0.15, -0.1) is 0 Å². The zero-order valence-corrected chi connectivity index (χ0v) is 10.1. The van der Waals surface area contributed by atoms with Crippen LogP contribution in [0.4, 0.5) is 0 Å². The van der Waals surface area contributed by atoms with E-state index in [1.165, 1.54) is 0 Å². The Balaban J connectivity index is 2.95. The van der Waals surface area contributed by atoms with Gasteiger partial charge in [0.05, 0.1) is 27.4 Å². The van der Waals surface area contributed by atoms with E-state index < -0.39 is 0 Å². The van der Waals surface area contributed by atoms with Crippen LogP contribution < -0.4 is 5.73 Å². The molecule has 0 saturated heterocycles. The summed E-state index contributed by atoms with van der Waals surface area (Å²) in [6, 6.07) is 0.165. The van der Waals surface area contributed by atoms with Gasteiger partial charge in [-0.3, -0.25) is 4.68 Å². The Hall–Kier alpha value is -0.610. The van der Waals surface area contributed by atoms with Crippen molar-refractivity contribution in [2.45, 2.75) is 33.2 Å².